The van der Waals surface area contributed by atoms with Crippen molar-refractivity contribution in [1.82, 2.24) is 19.9 Å². The fourth-order valence-corrected chi connectivity index (χ4v) is 5.69. The Morgan fingerprint density at radius 3 is 2.19 bits per heavy atom. The van der Waals surface area contributed by atoms with E-state index in [1.165, 1.54) is 24.3 Å². The SMILES string of the molecule is CCNS(=O)(=O)c1ccc(CCC(=O)N(Cc2ccc(F)cc2)C(Cc2ccccc2)C(=O)NCc2cccnc2)cc1. The van der Waals surface area contributed by atoms with E-state index < -0.39 is 21.9 Å². The number of nitrogens with zero attached hydrogens (tertiary/aromatic N) is 2. The molecule has 0 fully saturated rings. The van der Waals surface area contributed by atoms with Gasteiger partial charge >= 0.3 is 0 Å². The van der Waals surface area contributed by atoms with Crippen LogP contribution >= 0.6 is 0 Å². The first kappa shape index (κ1) is 31.5. The Bertz CT molecular complexity index is 1580. The fraction of sp³-hybridized carbons (Fsp3) is 0.242. The van der Waals surface area contributed by atoms with E-state index >= 15 is 0 Å². The number of benzene rings is 3. The van der Waals surface area contributed by atoms with E-state index in [9.17, 15) is 22.4 Å². The monoisotopic (exact) mass is 602 g/mol. The second-order valence-corrected chi connectivity index (χ2v) is 11.8. The molecular formula is C33H35FN4O4S. The molecule has 2 N–H and O–H groups in total. The number of carbonyl (C=O) groups is 2. The maximum atomic E-state index is 13.9. The van der Waals surface area contributed by atoms with Crippen LogP contribution in [0.2, 0.25) is 0 Å². The molecule has 2 amide bonds. The van der Waals surface area contributed by atoms with E-state index in [1.54, 1.807) is 54.5 Å². The lowest BCUT2D eigenvalue weighted by atomic mass is 10.0. The third-order valence-electron chi connectivity index (χ3n) is 6.92. The van der Waals surface area contributed by atoms with E-state index in [4.69, 9.17) is 0 Å². The smallest absolute Gasteiger partial charge is 0.243 e. The van der Waals surface area contributed by atoms with Crippen molar-refractivity contribution in [2.45, 2.75) is 50.2 Å². The molecule has 4 rings (SSSR count). The summed E-state index contributed by atoms with van der Waals surface area (Å²) in [4.78, 5) is 33.4. The van der Waals surface area contributed by atoms with Gasteiger partial charge < -0.3 is 10.2 Å². The summed E-state index contributed by atoms with van der Waals surface area (Å²) in [6.45, 7) is 2.34. The Hall–Kier alpha value is -4.41. The summed E-state index contributed by atoms with van der Waals surface area (Å²) in [5, 5.41) is 2.96. The molecule has 1 heterocycles. The molecule has 0 aliphatic rings. The van der Waals surface area contributed by atoms with E-state index in [-0.39, 0.29) is 49.2 Å². The molecule has 4 aromatic rings. The molecule has 10 heteroatoms. The normalized spacial score (nSPS) is 12.0. The van der Waals surface area contributed by atoms with Gasteiger partial charge in [0, 0.05) is 44.9 Å². The fourth-order valence-electron chi connectivity index (χ4n) is 4.65. The topological polar surface area (TPSA) is 108 Å². The lowest BCUT2D eigenvalue weighted by Gasteiger charge is -2.31. The van der Waals surface area contributed by atoms with Crippen LogP contribution in [0.1, 0.15) is 35.6 Å². The minimum atomic E-state index is -3.59. The van der Waals surface area contributed by atoms with Crippen LogP contribution in [0.4, 0.5) is 4.39 Å². The van der Waals surface area contributed by atoms with Crippen LogP contribution in [0.25, 0.3) is 0 Å². The maximum absolute atomic E-state index is 13.9. The van der Waals surface area contributed by atoms with E-state index in [0.717, 1.165) is 16.7 Å². The molecule has 0 bridgehead atoms. The van der Waals surface area contributed by atoms with Crippen molar-refractivity contribution in [3.05, 3.63) is 131 Å². The highest BCUT2D eigenvalue weighted by Gasteiger charge is 2.30. The molecule has 224 valence electrons. The predicted molar refractivity (Wildman–Crippen MR) is 163 cm³/mol. The van der Waals surface area contributed by atoms with Gasteiger partial charge in [-0.3, -0.25) is 14.6 Å². The van der Waals surface area contributed by atoms with Gasteiger partial charge in [0.15, 0.2) is 0 Å². The first-order valence-electron chi connectivity index (χ1n) is 14.1. The molecule has 3 aromatic carbocycles. The van der Waals surface area contributed by atoms with Gasteiger partial charge in [0.2, 0.25) is 21.8 Å². The van der Waals surface area contributed by atoms with Crippen LogP contribution in [0.5, 0.6) is 0 Å². The van der Waals surface area contributed by atoms with E-state index in [1.807, 2.05) is 36.4 Å². The van der Waals surface area contributed by atoms with Gasteiger partial charge in [-0.1, -0.05) is 67.6 Å². The summed E-state index contributed by atoms with van der Waals surface area (Å²) in [7, 11) is -3.59. The van der Waals surface area contributed by atoms with Gasteiger partial charge in [0.1, 0.15) is 11.9 Å². The zero-order valence-corrected chi connectivity index (χ0v) is 24.8. The van der Waals surface area contributed by atoms with Crippen molar-refractivity contribution in [2.24, 2.45) is 0 Å². The Morgan fingerprint density at radius 2 is 1.53 bits per heavy atom. The summed E-state index contributed by atoms with van der Waals surface area (Å²) >= 11 is 0. The molecule has 8 nitrogen and oxygen atoms in total. The molecule has 0 aliphatic heterocycles. The standard InChI is InChI=1S/C33H35FN4O4S/c1-2-37-43(41,42)30-17-12-25(13-18-30)14-19-32(39)38(24-27-10-15-29(34)16-11-27)31(21-26-7-4-3-5-8-26)33(40)36-23-28-9-6-20-35-22-28/h3-13,15-18,20,22,31,37H,2,14,19,21,23-24H2,1H3,(H,36,40). The number of hydrogen-bond donors (Lipinski definition) is 2. The van der Waals surface area contributed by atoms with Crippen LogP contribution in [0.15, 0.2) is 108 Å². The number of hydrogen-bond acceptors (Lipinski definition) is 5. The third-order valence-corrected chi connectivity index (χ3v) is 8.48. The van der Waals surface area contributed by atoms with Crippen molar-refractivity contribution in [1.29, 1.82) is 0 Å². The zero-order chi connectivity index (χ0) is 30.7. The second kappa shape index (κ2) is 15.2. The van der Waals surface area contributed by atoms with Crippen LogP contribution in [-0.2, 0) is 45.5 Å². The molecule has 1 aromatic heterocycles. The Balaban J connectivity index is 1.58. The highest BCUT2D eigenvalue weighted by molar-refractivity contribution is 7.89. The number of sulfonamides is 1. The third kappa shape index (κ3) is 9.29. The van der Waals surface area contributed by atoms with Crippen LogP contribution in [-0.4, -0.2) is 42.7 Å². The number of aromatic nitrogens is 1. The molecule has 1 unspecified atom stereocenters. The van der Waals surface area contributed by atoms with Gasteiger partial charge in [0.05, 0.1) is 4.90 Å². The molecule has 0 aliphatic carbocycles. The molecule has 0 spiro atoms. The lowest BCUT2D eigenvalue weighted by Crippen LogP contribution is -2.50. The summed E-state index contributed by atoms with van der Waals surface area (Å²) < 4.78 is 40.7. The molecule has 43 heavy (non-hydrogen) atoms. The predicted octanol–water partition coefficient (Wildman–Crippen LogP) is 4.41. The van der Waals surface area contributed by atoms with Crippen LogP contribution < -0.4 is 10.0 Å². The van der Waals surface area contributed by atoms with Crippen molar-refractivity contribution in [3.8, 4) is 0 Å². The molecule has 0 saturated carbocycles. The Morgan fingerprint density at radius 1 is 0.860 bits per heavy atom. The molecule has 0 radical (unpaired) electrons. The number of nitrogens with one attached hydrogen (secondary N) is 2. The van der Waals surface area contributed by atoms with Gasteiger partial charge in [0.25, 0.3) is 0 Å². The molecule has 0 saturated heterocycles. The summed E-state index contributed by atoms with van der Waals surface area (Å²) in [5.41, 5.74) is 3.18. The maximum Gasteiger partial charge on any atom is 0.243 e. The van der Waals surface area contributed by atoms with E-state index in [2.05, 4.69) is 15.0 Å². The second-order valence-electron chi connectivity index (χ2n) is 10.1. The minimum Gasteiger partial charge on any atom is -0.350 e. The summed E-state index contributed by atoms with van der Waals surface area (Å²) in [6.07, 6.45) is 4.03. The van der Waals surface area contributed by atoms with Gasteiger partial charge in [-0.25, -0.2) is 17.5 Å². The number of pyridine rings is 1. The highest BCUT2D eigenvalue weighted by atomic mass is 32.2. The number of amides is 2. The summed E-state index contributed by atoms with van der Waals surface area (Å²) in [6, 6.07) is 24.5. The highest BCUT2D eigenvalue weighted by Crippen LogP contribution is 2.18. The Kier molecular flexibility index (Phi) is 11.1. The lowest BCUT2D eigenvalue weighted by molar-refractivity contribution is -0.141. The van der Waals surface area contributed by atoms with Crippen molar-refractivity contribution in [3.63, 3.8) is 0 Å². The quantitative estimate of drug-likeness (QED) is 0.222. The number of halogens is 1. The van der Waals surface area contributed by atoms with Gasteiger partial charge in [-0.05, 0) is 59.0 Å². The zero-order valence-electron chi connectivity index (χ0n) is 23.9. The number of carbonyl (C=O) groups excluding carboxylic acids is 2. The van der Waals surface area contributed by atoms with Gasteiger partial charge in [-0.15, -0.1) is 0 Å². The van der Waals surface area contributed by atoms with E-state index in [0.29, 0.717) is 12.0 Å². The van der Waals surface area contributed by atoms with Crippen LogP contribution in [0, 0.1) is 5.82 Å². The summed E-state index contributed by atoms with van der Waals surface area (Å²) in [5.74, 6) is -0.969. The average Bonchev–Trinajstić information content (AvgIpc) is 3.02. The molecule has 1 atom stereocenters. The van der Waals surface area contributed by atoms with Gasteiger partial charge in [-0.2, -0.15) is 0 Å². The average molecular weight is 603 g/mol. The number of aryl methyl sites for hydroxylation is 1. The van der Waals surface area contributed by atoms with Crippen molar-refractivity contribution >= 4 is 21.8 Å². The first-order chi connectivity index (χ1) is 20.7. The van der Waals surface area contributed by atoms with Crippen molar-refractivity contribution in [2.75, 3.05) is 6.54 Å². The number of rotatable bonds is 14. The Labute approximate surface area is 252 Å². The minimum absolute atomic E-state index is 0.0850. The largest absolute Gasteiger partial charge is 0.350 e. The molecular weight excluding hydrogens is 567 g/mol. The van der Waals surface area contributed by atoms with Crippen molar-refractivity contribution < 1.29 is 22.4 Å². The first-order valence-corrected chi connectivity index (χ1v) is 15.6. The van der Waals surface area contributed by atoms with Crippen LogP contribution in [0.3, 0.4) is 0 Å².